The third kappa shape index (κ3) is 2.98. The lowest BCUT2D eigenvalue weighted by Crippen LogP contribution is -2.27. The fraction of sp³-hybridized carbons (Fsp3) is 0.500. The lowest BCUT2D eigenvalue weighted by atomic mass is 9.87. The van der Waals surface area contributed by atoms with Crippen LogP contribution in [0.2, 0.25) is 0 Å². The molecular formula is C20H27N. The minimum atomic E-state index is 0.512. The summed E-state index contributed by atoms with van der Waals surface area (Å²) >= 11 is 0. The van der Waals surface area contributed by atoms with E-state index in [1.165, 1.54) is 42.0 Å². The highest BCUT2D eigenvalue weighted by molar-refractivity contribution is 5.86. The van der Waals surface area contributed by atoms with Crippen LogP contribution in [-0.4, -0.2) is 6.54 Å². The van der Waals surface area contributed by atoms with E-state index in [0.717, 1.165) is 18.4 Å². The molecule has 112 valence electrons. The summed E-state index contributed by atoms with van der Waals surface area (Å²) < 4.78 is 0. The third-order valence-electron chi connectivity index (χ3n) is 5.21. The van der Waals surface area contributed by atoms with Crippen LogP contribution in [0, 0.1) is 11.8 Å². The van der Waals surface area contributed by atoms with Crippen LogP contribution in [0.15, 0.2) is 42.5 Å². The maximum Gasteiger partial charge on any atom is 0.0354 e. The average Bonchev–Trinajstić information content (AvgIpc) is 3.01. The van der Waals surface area contributed by atoms with Gasteiger partial charge in [0.25, 0.3) is 0 Å². The quantitative estimate of drug-likeness (QED) is 0.782. The van der Waals surface area contributed by atoms with Crippen LogP contribution in [0.1, 0.15) is 51.1 Å². The van der Waals surface area contributed by atoms with Crippen LogP contribution >= 0.6 is 0 Å². The third-order valence-corrected chi connectivity index (χ3v) is 5.21. The van der Waals surface area contributed by atoms with Crippen molar-refractivity contribution in [3.63, 3.8) is 0 Å². The number of rotatable bonds is 5. The zero-order valence-corrected chi connectivity index (χ0v) is 13.3. The van der Waals surface area contributed by atoms with Gasteiger partial charge in [-0.2, -0.15) is 0 Å². The number of hydrogen-bond acceptors (Lipinski definition) is 1. The minimum absolute atomic E-state index is 0.512. The average molecular weight is 281 g/mol. The Hall–Kier alpha value is -1.34. The molecule has 3 unspecified atom stereocenters. The first kappa shape index (κ1) is 14.6. The van der Waals surface area contributed by atoms with Crippen molar-refractivity contribution in [3.8, 4) is 0 Å². The summed E-state index contributed by atoms with van der Waals surface area (Å²) in [6.45, 7) is 5.61. The highest BCUT2D eigenvalue weighted by atomic mass is 14.9. The van der Waals surface area contributed by atoms with Crippen molar-refractivity contribution < 1.29 is 0 Å². The van der Waals surface area contributed by atoms with Crippen molar-refractivity contribution in [1.82, 2.24) is 5.32 Å². The van der Waals surface area contributed by atoms with Crippen LogP contribution in [0.3, 0.4) is 0 Å². The van der Waals surface area contributed by atoms with E-state index in [1.54, 1.807) is 0 Å². The summed E-state index contributed by atoms with van der Waals surface area (Å²) in [5, 5.41) is 6.56. The van der Waals surface area contributed by atoms with E-state index < -0.39 is 0 Å². The Labute approximate surface area is 128 Å². The van der Waals surface area contributed by atoms with Crippen LogP contribution in [0.25, 0.3) is 10.8 Å². The molecule has 1 heteroatoms. The van der Waals surface area contributed by atoms with Crippen molar-refractivity contribution in [2.45, 2.75) is 45.6 Å². The van der Waals surface area contributed by atoms with Gasteiger partial charge in [-0.3, -0.25) is 0 Å². The van der Waals surface area contributed by atoms with E-state index >= 15 is 0 Å². The summed E-state index contributed by atoms with van der Waals surface area (Å²) in [7, 11) is 0. The number of nitrogens with one attached hydrogen (secondary N) is 1. The molecule has 1 aliphatic rings. The van der Waals surface area contributed by atoms with Gasteiger partial charge in [0.15, 0.2) is 0 Å². The van der Waals surface area contributed by atoms with Crippen molar-refractivity contribution in [1.29, 1.82) is 0 Å². The lowest BCUT2D eigenvalue weighted by molar-refractivity contribution is 0.361. The summed E-state index contributed by atoms with van der Waals surface area (Å²) in [4.78, 5) is 0. The van der Waals surface area contributed by atoms with Crippen LogP contribution < -0.4 is 5.32 Å². The van der Waals surface area contributed by atoms with Gasteiger partial charge in [-0.25, -0.2) is 0 Å². The standard InChI is InChI=1S/C20H27N/c1-3-15-12-13-17(14-15)20(21-4-2)19-11-7-9-16-8-5-6-10-18(16)19/h5-11,15,17,20-21H,3-4,12-14H2,1-2H3. The smallest absolute Gasteiger partial charge is 0.0354 e. The van der Waals surface area contributed by atoms with Crippen LogP contribution in [0.4, 0.5) is 0 Å². The first-order chi connectivity index (χ1) is 10.3. The molecule has 3 rings (SSSR count). The van der Waals surface area contributed by atoms with Gasteiger partial charge in [0.05, 0.1) is 0 Å². The summed E-state index contributed by atoms with van der Waals surface area (Å²) in [5.74, 6) is 1.73. The SMILES string of the molecule is CCNC(c1cccc2ccccc12)C1CCC(CC)C1. The predicted octanol–water partition coefficient (Wildman–Crippen LogP) is 5.32. The zero-order valence-electron chi connectivity index (χ0n) is 13.3. The second-order valence-corrected chi connectivity index (χ2v) is 6.45. The van der Waals surface area contributed by atoms with Crippen molar-refractivity contribution in [3.05, 3.63) is 48.0 Å². The second-order valence-electron chi connectivity index (χ2n) is 6.45. The molecule has 1 saturated carbocycles. The molecule has 1 aliphatic carbocycles. The molecule has 21 heavy (non-hydrogen) atoms. The van der Waals surface area contributed by atoms with Gasteiger partial charge in [0, 0.05) is 6.04 Å². The summed E-state index contributed by atoms with van der Waals surface area (Å²) in [5.41, 5.74) is 1.50. The van der Waals surface area contributed by atoms with Crippen LogP contribution in [-0.2, 0) is 0 Å². The second kappa shape index (κ2) is 6.62. The van der Waals surface area contributed by atoms with Gasteiger partial charge in [0.2, 0.25) is 0 Å². The first-order valence-electron chi connectivity index (χ1n) is 8.54. The Kier molecular flexibility index (Phi) is 4.60. The Morgan fingerprint density at radius 3 is 2.62 bits per heavy atom. The van der Waals surface area contributed by atoms with Gasteiger partial charge in [-0.1, -0.05) is 69.2 Å². The molecule has 0 heterocycles. The fourth-order valence-corrected chi connectivity index (χ4v) is 4.06. The molecule has 1 nitrogen and oxygen atoms in total. The van der Waals surface area contributed by atoms with Crippen molar-refractivity contribution in [2.24, 2.45) is 11.8 Å². The highest BCUT2D eigenvalue weighted by Gasteiger charge is 2.31. The van der Waals surface area contributed by atoms with Crippen molar-refractivity contribution >= 4 is 10.8 Å². The van der Waals surface area contributed by atoms with E-state index in [2.05, 4.69) is 61.6 Å². The Morgan fingerprint density at radius 1 is 1.05 bits per heavy atom. The molecule has 0 aliphatic heterocycles. The van der Waals surface area contributed by atoms with Crippen LogP contribution in [0.5, 0.6) is 0 Å². The van der Waals surface area contributed by atoms with Gasteiger partial charge in [-0.15, -0.1) is 0 Å². The maximum absolute atomic E-state index is 3.78. The van der Waals surface area contributed by atoms with E-state index in [1.807, 2.05) is 0 Å². The molecule has 0 spiro atoms. The number of hydrogen-bond donors (Lipinski definition) is 1. The lowest BCUT2D eigenvalue weighted by Gasteiger charge is -2.26. The molecule has 2 aromatic carbocycles. The number of fused-ring (bicyclic) bond motifs is 1. The molecule has 0 saturated heterocycles. The molecule has 0 bridgehead atoms. The topological polar surface area (TPSA) is 12.0 Å². The molecule has 0 radical (unpaired) electrons. The van der Waals surface area contributed by atoms with Gasteiger partial charge >= 0.3 is 0 Å². The Morgan fingerprint density at radius 2 is 1.86 bits per heavy atom. The van der Waals surface area contributed by atoms with E-state index in [4.69, 9.17) is 0 Å². The Balaban J connectivity index is 1.96. The number of benzene rings is 2. The fourth-order valence-electron chi connectivity index (χ4n) is 4.06. The minimum Gasteiger partial charge on any atom is -0.310 e. The summed E-state index contributed by atoms with van der Waals surface area (Å²) in [6.07, 6.45) is 5.51. The molecule has 1 N–H and O–H groups in total. The van der Waals surface area contributed by atoms with Gasteiger partial charge < -0.3 is 5.32 Å². The molecule has 0 amide bonds. The van der Waals surface area contributed by atoms with Crippen molar-refractivity contribution in [2.75, 3.05) is 6.54 Å². The molecule has 1 fully saturated rings. The first-order valence-corrected chi connectivity index (χ1v) is 8.54. The summed E-state index contributed by atoms with van der Waals surface area (Å²) in [6, 6.07) is 16.1. The molecule has 0 aromatic heterocycles. The normalized spacial score (nSPS) is 23.5. The molecule has 3 atom stereocenters. The van der Waals surface area contributed by atoms with Gasteiger partial charge in [0.1, 0.15) is 0 Å². The molecular weight excluding hydrogens is 254 g/mol. The monoisotopic (exact) mass is 281 g/mol. The largest absolute Gasteiger partial charge is 0.310 e. The van der Waals surface area contributed by atoms with E-state index in [-0.39, 0.29) is 0 Å². The Bertz CT molecular complexity index is 584. The van der Waals surface area contributed by atoms with Gasteiger partial charge in [-0.05, 0) is 47.6 Å². The maximum atomic E-state index is 3.78. The van der Waals surface area contributed by atoms with E-state index in [0.29, 0.717) is 6.04 Å². The zero-order chi connectivity index (χ0) is 14.7. The predicted molar refractivity (Wildman–Crippen MR) is 91.5 cm³/mol. The highest BCUT2D eigenvalue weighted by Crippen LogP contribution is 2.41. The van der Waals surface area contributed by atoms with E-state index in [9.17, 15) is 0 Å². The molecule has 2 aromatic rings.